The van der Waals surface area contributed by atoms with Gasteiger partial charge in [-0.1, -0.05) is 78.9 Å². The largest absolute Gasteiger partial charge is 0.483 e. The molecule has 3 aromatic carbocycles. The van der Waals surface area contributed by atoms with Crippen molar-refractivity contribution >= 4 is 5.91 Å². The van der Waals surface area contributed by atoms with Crippen molar-refractivity contribution in [3.05, 3.63) is 90.5 Å². The molecule has 0 aromatic heterocycles. The molecule has 0 fully saturated rings. The van der Waals surface area contributed by atoms with E-state index in [2.05, 4.69) is 22.3 Å². The van der Waals surface area contributed by atoms with Gasteiger partial charge in [0.1, 0.15) is 5.75 Å². The first-order valence-electron chi connectivity index (χ1n) is 9.88. The Hall–Kier alpha value is -3.11. The molecule has 3 aromatic rings. The van der Waals surface area contributed by atoms with Gasteiger partial charge in [-0.25, -0.2) is 0 Å². The van der Waals surface area contributed by atoms with Crippen molar-refractivity contribution < 1.29 is 9.53 Å². The van der Waals surface area contributed by atoms with Crippen molar-refractivity contribution in [2.45, 2.75) is 12.5 Å². The second-order valence-electron chi connectivity index (χ2n) is 7.26. The number of amides is 1. The smallest absolute Gasteiger partial charge is 0.257 e. The molecule has 1 atom stereocenters. The predicted octanol–water partition coefficient (Wildman–Crippen LogP) is 4.02. The maximum atomic E-state index is 12.4. The zero-order chi connectivity index (χ0) is 20.5. The molecule has 0 unspecified atom stereocenters. The number of para-hydroxylation sites is 1. The zero-order valence-electron chi connectivity index (χ0n) is 17.0. The van der Waals surface area contributed by atoms with Gasteiger partial charge in [-0.15, -0.1) is 0 Å². The van der Waals surface area contributed by atoms with Gasteiger partial charge in [-0.3, -0.25) is 4.79 Å². The third-order valence-corrected chi connectivity index (χ3v) is 4.91. The van der Waals surface area contributed by atoms with Gasteiger partial charge in [-0.05, 0) is 37.7 Å². The molecule has 0 saturated carbocycles. The molecule has 0 radical (unpaired) electrons. The number of benzene rings is 3. The number of hydrogen-bond acceptors (Lipinski definition) is 3. The normalized spacial score (nSPS) is 11.8. The van der Waals surface area contributed by atoms with Crippen molar-refractivity contribution in [3.8, 4) is 16.9 Å². The summed E-state index contributed by atoms with van der Waals surface area (Å²) in [4.78, 5) is 14.5. The predicted molar refractivity (Wildman–Crippen MR) is 118 cm³/mol. The van der Waals surface area contributed by atoms with E-state index >= 15 is 0 Å². The van der Waals surface area contributed by atoms with Crippen molar-refractivity contribution in [2.75, 3.05) is 27.2 Å². The fraction of sp³-hybridized carbons (Fsp3) is 0.240. The lowest BCUT2D eigenvalue weighted by atomic mass is 10.0. The maximum Gasteiger partial charge on any atom is 0.257 e. The maximum absolute atomic E-state index is 12.4. The molecule has 0 aliphatic rings. The van der Waals surface area contributed by atoms with E-state index in [1.165, 1.54) is 5.56 Å². The summed E-state index contributed by atoms with van der Waals surface area (Å²) in [6, 6.07) is 28.4. The summed E-state index contributed by atoms with van der Waals surface area (Å²) in [5, 5.41) is 3.01. The fourth-order valence-corrected chi connectivity index (χ4v) is 3.20. The summed E-state index contributed by atoms with van der Waals surface area (Å²) >= 11 is 0. The molecule has 0 spiro atoms. The highest BCUT2D eigenvalue weighted by molar-refractivity contribution is 5.78. The number of ether oxygens (including phenoxy) is 1. The van der Waals surface area contributed by atoms with Crippen LogP contribution in [0.1, 0.15) is 5.56 Å². The molecule has 0 aliphatic heterocycles. The van der Waals surface area contributed by atoms with E-state index in [1.807, 2.05) is 86.9 Å². The van der Waals surface area contributed by atoms with Gasteiger partial charge in [0, 0.05) is 18.2 Å². The quantitative estimate of drug-likeness (QED) is 0.602. The highest BCUT2D eigenvalue weighted by Crippen LogP contribution is 2.29. The number of hydrogen-bond donors (Lipinski definition) is 1. The minimum atomic E-state index is -0.118. The highest BCUT2D eigenvalue weighted by Gasteiger charge is 2.14. The van der Waals surface area contributed by atoms with Gasteiger partial charge in [0.2, 0.25) is 0 Å². The standard InChI is InChI=1S/C25H28N2O2/c1-27(2)22(17-20-11-5-3-6-12-20)18-26-25(28)19-29-24-16-10-9-15-23(24)21-13-7-4-8-14-21/h3-16,22H,17-19H2,1-2H3,(H,26,28)/t22-/m0/s1. The highest BCUT2D eigenvalue weighted by atomic mass is 16.5. The van der Waals surface area contributed by atoms with Crippen molar-refractivity contribution in [2.24, 2.45) is 0 Å². The molecular formula is C25H28N2O2. The average Bonchev–Trinajstić information content (AvgIpc) is 2.76. The van der Waals surface area contributed by atoms with Crippen LogP contribution in [0.25, 0.3) is 11.1 Å². The summed E-state index contributed by atoms with van der Waals surface area (Å²) in [5.74, 6) is 0.593. The summed E-state index contributed by atoms with van der Waals surface area (Å²) in [6.45, 7) is 0.569. The number of nitrogens with zero attached hydrogens (tertiary/aromatic N) is 1. The van der Waals surface area contributed by atoms with Crippen molar-refractivity contribution in [1.82, 2.24) is 10.2 Å². The third kappa shape index (κ3) is 6.19. The lowest BCUT2D eigenvalue weighted by Crippen LogP contribution is -2.43. The van der Waals surface area contributed by atoms with E-state index in [4.69, 9.17) is 4.74 Å². The molecule has 150 valence electrons. The molecule has 4 nitrogen and oxygen atoms in total. The number of carbonyl (C=O) groups excluding carboxylic acids is 1. The van der Waals surface area contributed by atoms with E-state index in [0.29, 0.717) is 12.3 Å². The van der Waals surface area contributed by atoms with E-state index in [0.717, 1.165) is 17.5 Å². The summed E-state index contributed by atoms with van der Waals surface area (Å²) in [6.07, 6.45) is 0.881. The number of likely N-dealkylation sites (N-methyl/N-ethyl adjacent to an activating group) is 1. The first kappa shape index (κ1) is 20.6. The molecule has 0 bridgehead atoms. The van der Waals surface area contributed by atoms with Crippen LogP contribution >= 0.6 is 0 Å². The SMILES string of the molecule is CN(C)[C@H](CNC(=O)COc1ccccc1-c1ccccc1)Cc1ccccc1. The molecule has 4 heteroatoms. The minimum Gasteiger partial charge on any atom is -0.483 e. The van der Waals surface area contributed by atoms with Gasteiger partial charge in [0.25, 0.3) is 5.91 Å². The first-order chi connectivity index (χ1) is 14.1. The number of nitrogens with one attached hydrogen (secondary N) is 1. The molecule has 1 amide bonds. The van der Waals surface area contributed by atoms with Crippen LogP contribution in [-0.2, 0) is 11.2 Å². The van der Waals surface area contributed by atoms with Gasteiger partial charge in [0.15, 0.2) is 6.61 Å². The Morgan fingerprint density at radius 1 is 0.897 bits per heavy atom. The Morgan fingerprint density at radius 2 is 1.52 bits per heavy atom. The molecule has 0 aliphatic carbocycles. The Bertz CT molecular complexity index is 895. The van der Waals surface area contributed by atoms with Crippen LogP contribution in [0.2, 0.25) is 0 Å². The second kappa shape index (κ2) is 10.4. The molecule has 3 rings (SSSR count). The Kier molecular flexibility index (Phi) is 7.42. The Labute approximate surface area is 173 Å². The molecule has 0 heterocycles. The van der Waals surface area contributed by atoms with E-state index in [9.17, 15) is 4.79 Å². The van der Waals surface area contributed by atoms with Crippen LogP contribution in [0.4, 0.5) is 0 Å². The van der Waals surface area contributed by atoms with Gasteiger partial charge in [0.05, 0.1) is 0 Å². The van der Waals surface area contributed by atoms with Crippen molar-refractivity contribution in [1.29, 1.82) is 0 Å². The van der Waals surface area contributed by atoms with Crippen LogP contribution in [0.5, 0.6) is 5.75 Å². The van der Waals surface area contributed by atoms with Crippen molar-refractivity contribution in [3.63, 3.8) is 0 Å². The topological polar surface area (TPSA) is 41.6 Å². The Balaban J connectivity index is 1.55. The molecule has 1 N–H and O–H groups in total. The van der Waals surface area contributed by atoms with Crippen LogP contribution in [-0.4, -0.2) is 44.1 Å². The van der Waals surface area contributed by atoms with E-state index in [-0.39, 0.29) is 18.6 Å². The fourth-order valence-electron chi connectivity index (χ4n) is 3.20. The minimum absolute atomic E-state index is 0.00463. The summed E-state index contributed by atoms with van der Waals surface area (Å²) in [5.41, 5.74) is 3.31. The summed E-state index contributed by atoms with van der Waals surface area (Å²) in [7, 11) is 4.07. The monoisotopic (exact) mass is 388 g/mol. The van der Waals surface area contributed by atoms with E-state index in [1.54, 1.807) is 0 Å². The third-order valence-electron chi connectivity index (χ3n) is 4.91. The summed E-state index contributed by atoms with van der Waals surface area (Å²) < 4.78 is 5.84. The van der Waals surface area contributed by atoms with Gasteiger partial charge < -0.3 is 15.0 Å². The number of rotatable bonds is 9. The van der Waals surface area contributed by atoms with Gasteiger partial charge >= 0.3 is 0 Å². The van der Waals surface area contributed by atoms with Crippen LogP contribution in [0.3, 0.4) is 0 Å². The number of carbonyl (C=O) groups is 1. The Morgan fingerprint density at radius 3 is 2.21 bits per heavy atom. The second-order valence-corrected chi connectivity index (χ2v) is 7.26. The van der Waals surface area contributed by atoms with E-state index < -0.39 is 0 Å². The van der Waals surface area contributed by atoms with Gasteiger partial charge in [-0.2, -0.15) is 0 Å². The molecular weight excluding hydrogens is 360 g/mol. The van der Waals surface area contributed by atoms with Crippen LogP contribution in [0.15, 0.2) is 84.9 Å². The molecule has 29 heavy (non-hydrogen) atoms. The molecule has 0 saturated heterocycles. The van der Waals surface area contributed by atoms with Crippen LogP contribution in [0, 0.1) is 0 Å². The first-order valence-corrected chi connectivity index (χ1v) is 9.88. The van der Waals surface area contributed by atoms with Crippen LogP contribution < -0.4 is 10.1 Å². The lowest BCUT2D eigenvalue weighted by molar-refractivity contribution is -0.123. The lowest BCUT2D eigenvalue weighted by Gasteiger charge is -2.25. The average molecular weight is 389 g/mol. The zero-order valence-corrected chi connectivity index (χ0v) is 17.0.